The lowest BCUT2D eigenvalue weighted by Gasteiger charge is -2.42. The highest BCUT2D eigenvalue weighted by Crippen LogP contribution is 2.27. The summed E-state index contributed by atoms with van der Waals surface area (Å²) < 4.78 is 0. The van der Waals surface area contributed by atoms with E-state index in [0.29, 0.717) is 24.8 Å². The molecule has 1 N–H and O–H groups in total. The molecule has 15 heavy (non-hydrogen) atoms. The highest BCUT2D eigenvalue weighted by molar-refractivity contribution is 5.15. The van der Waals surface area contributed by atoms with Gasteiger partial charge in [0.25, 0.3) is 0 Å². The molecule has 2 rings (SSSR count). The van der Waals surface area contributed by atoms with E-state index in [1.807, 2.05) is 24.3 Å². The van der Waals surface area contributed by atoms with E-state index in [0.717, 1.165) is 5.56 Å². The summed E-state index contributed by atoms with van der Waals surface area (Å²) in [7, 11) is 1.97. The van der Waals surface area contributed by atoms with Crippen LogP contribution in [0.25, 0.3) is 0 Å². The quantitative estimate of drug-likeness (QED) is 0.777. The number of likely N-dealkylation sites (N-methyl/N-ethyl adjacent to an activating group) is 1. The van der Waals surface area contributed by atoms with Crippen LogP contribution in [0.5, 0.6) is 0 Å². The van der Waals surface area contributed by atoms with E-state index in [2.05, 4.69) is 23.8 Å². The number of rotatable bonds is 2. The molecule has 0 amide bonds. The fourth-order valence-corrected chi connectivity index (χ4v) is 1.86. The minimum Gasteiger partial charge on any atom is -0.379 e. The van der Waals surface area contributed by atoms with Crippen LogP contribution in [0, 0.1) is 0 Å². The van der Waals surface area contributed by atoms with E-state index in [1.165, 1.54) is 0 Å². The van der Waals surface area contributed by atoms with Crippen molar-refractivity contribution in [2.24, 2.45) is 0 Å². The molecule has 0 unspecified atom stereocenters. The first-order valence-electron chi connectivity index (χ1n) is 5.24. The van der Waals surface area contributed by atoms with Crippen LogP contribution in [0.15, 0.2) is 12.4 Å². The van der Waals surface area contributed by atoms with E-state index in [-0.39, 0.29) is 0 Å². The topological polar surface area (TPSA) is 49.3 Å². The Labute approximate surface area is 90.0 Å². The predicted molar refractivity (Wildman–Crippen MR) is 57.5 cm³/mol. The zero-order chi connectivity index (χ0) is 11.1. The lowest BCUT2D eigenvalue weighted by atomic mass is 9.94. The SMILES string of the molecule is CC(C)c1cnc(C2(O)CN(C)C2)nc1. The Morgan fingerprint density at radius 3 is 2.27 bits per heavy atom. The van der Waals surface area contributed by atoms with Gasteiger partial charge in [-0.15, -0.1) is 0 Å². The normalized spacial score (nSPS) is 20.3. The second kappa shape index (κ2) is 3.54. The van der Waals surface area contributed by atoms with Crippen molar-refractivity contribution in [2.75, 3.05) is 20.1 Å². The van der Waals surface area contributed by atoms with Crippen LogP contribution in [-0.4, -0.2) is 40.1 Å². The molecule has 0 bridgehead atoms. The first kappa shape index (κ1) is 10.5. The summed E-state index contributed by atoms with van der Waals surface area (Å²) in [5.74, 6) is 0.975. The second-order valence-corrected chi connectivity index (χ2v) is 4.70. The van der Waals surface area contributed by atoms with Crippen molar-refractivity contribution in [3.05, 3.63) is 23.8 Å². The van der Waals surface area contributed by atoms with Gasteiger partial charge in [0.1, 0.15) is 5.60 Å². The molecule has 4 nitrogen and oxygen atoms in total. The van der Waals surface area contributed by atoms with Crippen molar-refractivity contribution >= 4 is 0 Å². The molecular weight excluding hydrogens is 190 g/mol. The predicted octanol–water partition coefficient (Wildman–Crippen LogP) is 0.733. The van der Waals surface area contributed by atoms with E-state index in [1.54, 1.807) is 0 Å². The van der Waals surface area contributed by atoms with E-state index in [9.17, 15) is 5.11 Å². The molecule has 0 aromatic carbocycles. The number of hydrogen-bond acceptors (Lipinski definition) is 4. The number of likely N-dealkylation sites (tertiary alicyclic amines) is 1. The first-order valence-corrected chi connectivity index (χ1v) is 5.24. The fraction of sp³-hybridized carbons (Fsp3) is 0.636. The Bertz CT molecular complexity index is 341. The average Bonchev–Trinajstić information content (AvgIpc) is 2.16. The minimum atomic E-state index is -0.829. The molecule has 1 aliphatic heterocycles. The van der Waals surface area contributed by atoms with Gasteiger partial charge in [-0.3, -0.25) is 4.90 Å². The van der Waals surface area contributed by atoms with Crippen LogP contribution in [0.2, 0.25) is 0 Å². The molecule has 0 saturated carbocycles. The van der Waals surface area contributed by atoms with Gasteiger partial charge in [0.2, 0.25) is 0 Å². The van der Waals surface area contributed by atoms with Crippen LogP contribution >= 0.6 is 0 Å². The van der Waals surface area contributed by atoms with Crippen molar-refractivity contribution in [3.8, 4) is 0 Å². The van der Waals surface area contributed by atoms with Crippen LogP contribution in [0.1, 0.15) is 31.2 Å². The van der Waals surface area contributed by atoms with Gasteiger partial charge < -0.3 is 5.11 Å². The zero-order valence-corrected chi connectivity index (χ0v) is 9.44. The molecule has 1 fully saturated rings. The second-order valence-electron chi connectivity index (χ2n) is 4.70. The maximum Gasteiger partial charge on any atom is 0.162 e. The smallest absolute Gasteiger partial charge is 0.162 e. The fourth-order valence-electron chi connectivity index (χ4n) is 1.86. The maximum absolute atomic E-state index is 10.1. The molecule has 2 heterocycles. The Hall–Kier alpha value is -1.00. The molecule has 1 aromatic rings. The van der Waals surface area contributed by atoms with Gasteiger partial charge in [-0.1, -0.05) is 13.8 Å². The van der Waals surface area contributed by atoms with Crippen molar-refractivity contribution in [1.82, 2.24) is 14.9 Å². The summed E-state index contributed by atoms with van der Waals surface area (Å²) in [5.41, 5.74) is 0.277. The largest absolute Gasteiger partial charge is 0.379 e. The van der Waals surface area contributed by atoms with Gasteiger partial charge in [-0.05, 0) is 18.5 Å². The van der Waals surface area contributed by atoms with Crippen molar-refractivity contribution in [1.29, 1.82) is 0 Å². The molecule has 1 aromatic heterocycles. The lowest BCUT2D eigenvalue weighted by Crippen LogP contribution is -2.58. The third-order valence-corrected chi connectivity index (χ3v) is 2.82. The monoisotopic (exact) mass is 207 g/mol. The highest BCUT2D eigenvalue weighted by Gasteiger charge is 2.43. The Kier molecular flexibility index (Phi) is 2.48. The van der Waals surface area contributed by atoms with Crippen LogP contribution < -0.4 is 0 Å². The third kappa shape index (κ3) is 1.87. The van der Waals surface area contributed by atoms with Crippen molar-refractivity contribution < 1.29 is 5.11 Å². The van der Waals surface area contributed by atoms with E-state index < -0.39 is 5.60 Å². The average molecular weight is 207 g/mol. The number of β-amino-alcohol motifs (C(OH)–C–C–N with tert-alkyl or cyclic N) is 1. The molecule has 1 aliphatic rings. The summed E-state index contributed by atoms with van der Waals surface area (Å²) in [6.07, 6.45) is 3.62. The number of nitrogens with zero attached hydrogens (tertiary/aromatic N) is 3. The van der Waals surface area contributed by atoms with Crippen LogP contribution in [-0.2, 0) is 5.60 Å². The van der Waals surface area contributed by atoms with E-state index >= 15 is 0 Å². The molecule has 82 valence electrons. The van der Waals surface area contributed by atoms with Gasteiger partial charge in [-0.25, -0.2) is 9.97 Å². The van der Waals surface area contributed by atoms with Gasteiger partial charge >= 0.3 is 0 Å². The lowest BCUT2D eigenvalue weighted by molar-refractivity contribution is -0.0982. The number of aromatic nitrogens is 2. The molecule has 0 spiro atoms. The minimum absolute atomic E-state index is 0.428. The Balaban J connectivity index is 2.17. The van der Waals surface area contributed by atoms with Crippen molar-refractivity contribution in [2.45, 2.75) is 25.4 Å². The van der Waals surface area contributed by atoms with Gasteiger partial charge in [0, 0.05) is 25.5 Å². The zero-order valence-electron chi connectivity index (χ0n) is 9.44. The number of hydrogen-bond donors (Lipinski definition) is 1. The molecule has 1 saturated heterocycles. The summed E-state index contributed by atoms with van der Waals surface area (Å²) >= 11 is 0. The summed E-state index contributed by atoms with van der Waals surface area (Å²) in [6, 6.07) is 0. The summed E-state index contributed by atoms with van der Waals surface area (Å²) in [4.78, 5) is 10.5. The molecule has 4 heteroatoms. The molecular formula is C11H17N3O. The van der Waals surface area contributed by atoms with Gasteiger partial charge in [0.15, 0.2) is 5.82 Å². The summed E-state index contributed by atoms with van der Waals surface area (Å²) in [6.45, 7) is 5.44. The van der Waals surface area contributed by atoms with Crippen molar-refractivity contribution in [3.63, 3.8) is 0 Å². The first-order chi connectivity index (χ1) is 7.01. The molecule has 0 radical (unpaired) electrons. The van der Waals surface area contributed by atoms with Crippen LogP contribution in [0.4, 0.5) is 0 Å². The summed E-state index contributed by atoms with van der Waals surface area (Å²) in [5, 5.41) is 10.1. The van der Waals surface area contributed by atoms with Crippen LogP contribution in [0.3, 0.4) is 0 Å². The third-order valence-electron chi connectivity index (χ3n) is 2.82. The maximum atomic E-state index is 10.1. The van der Waals surface area contributed by atoms with Gasteiger partial charge in [-0.2, -0.15) is 0 Å². The van der Waals surface area contributed by atoms with Gasteiger partial charge in [0.05, 0.1) is 0 Å². The Morgan fingerprint density at radius 1 is 1.33 bits per heavy atom. The molecule has 0 aliphatic carbocycles. The van der Waals surface area contributed by atoms with E-state index in [4.69, 9.17) is 0 Å². The number of aliphatic hydroxyl groups is 1. The highest BCUT2D eigenvalue weighted by atomic mass is 16.3. The standard InChI is InChI=1S/C11H17N3O/c1-8(2)9-4-12-10(13-5-9)11(15)6-14(3)7-11/h4-5,8,15H,6-7H2,1-3H3. The Morgan fingerprint density at radius 2 is 1.87 bits per heavy atom. The molecule has 0 atom stereocenters.